The van der Waals surface area contributed by atoms with E-state index >= 15 is 0 Å². The van der Waals surface area contributed by atoms with E-state index in [-0.39, 0.29) is 6.04 Å². The van der Waals surface area contributed by atoms with E-state index in [0.29, 0.717) is 0 Å². The Morgan fingerprint density at radius 2 is 2.10 bits per heavy atom. The van der Waals surface area contributed by atoms with Gasteiger partial charge in [-0.1, -0.05) is 40.2 Å². The number of hydrogen-bond donors (Lipinski definition) is 1. The molecule has 20 heavy (non-hydrogen) atoms. The molecule has 1 aliphatic heterocycles. The van der Waals surface area contributed by atoms with Crippen LogP contribution >= 0.6 is 27.3 Å². The zero-order chi connectivity index (χ0) is 13.5. The van der Waals surface area contributed by atoms with Crippen LogP contribution in [-0.4, -0.2) is 11.5 Å². The first-order chi connectivity index (χ1) is 9.81. The minimum absolute atomic E-state index is 0.233. The Balaban J connectivity index is 1.84. The highest BCUT2D eigenvalue weighted by atomic mass is 79.9. The number of rotatable bonds is 1. The van der Waals surface area contributed by atoms with Crippen molar-refractivity contribution in [1.82, 2.24) is 10.3 Å². The highest BCUT2D eigenvalue weighted by molar-refractivity contribution is 9.10. The molecule has 1 N–H and O–H groups in total. The Hall–Kier alpha value is -1.23. The number of halogens is 1. The first-order valence-electron chi connectivity index (χ1n) is 6.68. The maximum absolute atomic E-state index is 4.81. The molecule has 4 rings (SSSR count). The SMILES string of the molecule is Brc1ccc2nc(C3NCCc4ccccc43)sc2c1. The van der Waals surface area contributed by atoms with Crippen LogP contribution in [-0.2, 0) is 6.42 Å². The lowest BCUT2D eigenvalue weighted by Crippen LogP contribution is -2.30. The molecular formula is C16H13BrN2S. The van der Waals surface area contributed by atoms with Crippen molar-refractivity contribution in [3.8, 4) is 0 Å². The standard InChI is InChI=1S/C16H13BrN2S/c17-11-5-6-13-14(9-11)20-16(19-13)15-12-4-2-1-3-10(12)7-8-18-15/h1-6,9,15,18H,7-8H2. The molecule has 2 nitrogen and oxygen atoms in total. The van der Waals surface area contributed by atoms with Crippen molar-refractivity contribution in [2.75, 3.05) is 6.54 Å². The molecule has 0 aliphatic carbocycles. The van der Waals surface area contributed by atoms with Crippen LogP contribution in [0.25, 0.3) is 10.2 Å². The van der Waals surface area contributed by atoms with Crippen LogP contribution in [0, 0.1) is 0 Å². The fourth-order valence-corrected chi connectivity index (χ4v) is 4.38. The first-order valence-corrected chi connectivity index (χ1v) is 8.29. The van der Waals surface area contributed by atoms with Gasteiger partial charge >= 0.3 is 0 Å². The van der Waals surface area contributed by atoms with Gasteiger partial charge in [-0.2, -0.15) is 0 Å². The third kappa shape index (κ3) is 2.08. The highest BCUT2D eigenvalue weighted by Gasteiger charge is 2.23. The molecule has 0 fully saturated rings. The molecule has 100 valence electrons. The summed E-state index contributed by atoms with van der Waals surface area (Å²) in [6.45, 7) is 1.02. The third-order valence-electron chi connectivity index (χ3n) is 3.72. The number of fused-ring (bicyclic) bond motifs is 2. The van der Waals surface area contributed by atoms with Crippen molar-refractivity contribution in [2.24, 2.45) is 0 Å². The average molecular weight is 345 g/mol. The molecular weight excluding hydrogens is 332 g/mol. The average Bonchev–Trinajstić information content (AvgIpc) is 2.89. The lowest BCUT2D eigenvalue weighted by Gasteiger charge is -2.25. The summed E-state index contributed by atoms with van der Waals surface area (Å²) < 4.78 is 2.34. The smallest absolute Gasteiger partial charge is 0.115 e. The second-order valence-corrected chi connectivity index (χ2v) is 6.98. The zero-order valence-corrected chi connectivity index (χ0v) is 13.2. The van der Waals surface area contributed by atoms with Gasteiger partial charge in [-0.15, -0.1) is 11.3 Å². The monoisotopic (exact) mass is 344 g/mol. The summed E-state index contributed by atoms with van der Waals surface area (Å²) in [7, 11) is 0. The fourth-order valence-electron chi connectivity index (χ4n) is 2.76. The molecule has 1 aliphatic rings. The number of thiazole rings is 1. The summed E-state index contributed by atoms with van der Waals surface area (Å²) in [5.74, 6) is 0. The van der Waals surface area contributed by atoms with Crippen LogP contribution < -0.4 is 5.32 Å². The van der Waals surface area contributed by atoms with Gasteiger partial charge in [0.2, 0.25) is 0 Å². The summed E-state index contributed by atoms with van der Waals surface area (Å²) in [4.78, 5) is 4.81. The molecule has 4 heteroatoms. The predicted octanol–water partition coefficient (Wildman–Crippen LogP) is 4.29. The van der Waals surface area contributed by atoms with E-state index in [0.717, 1.165) is 28.0 Å². The van der Waals surface area contributed by atoms with E-state index in [1.165, 1.54) is 15.8 Å². The van der Waals surface area contributed by atoms with E-state index in [9.17, 15) is 0 Å². The Labute approximate surface area is 130 Å². The molecule has 0 bridgehead atoms. The number of nitrogens with one attached hydrogen (secondary N) is 1. The highest BCUT2D eigenvalue weighted by Crippen LogP contribution is 2.34. The van der Waals surface area contributed by atoms with E-state index < -0.39 is 0 Å². The Bertz CT molecular complexity index is 781. The van der Waals surface area contributed by atoms with Crippen molar-refractivity contribution in [1.29, 1.82) is 0 Å². The van der Waals surface area contributed by atoms with Gasteiger partial charge in [-0.25, -0.2) is 4.98 Å². The molecule has 1 unspecified atom stereocenters. The predicted molar refractivity (Wildman–Crippen MR) is 87.3 cm³/mol. The molecule has 1 atom stereocenters. The molecule has 2 aromatic carbocycles. The van der Waals surface area contributed by atoms with Crippen molar-refractivity contribution in [2.45, 2.75) is 12.5 Å². The molecule has 0 radical (unpaired) electrons. The van der Waals surface area contributed by atoms with Crippen LogP contribution in [0.3, 0.4) is 0 Å². The van der Waals surface area contributed by atoms with Gasteiger partial charge in [0.05, 0.1) is 16.3 Å². The lowest BCUT2D eigenvalue weighted by atomic mass is 9.95. The summed E-state index contributed by atoms with van der Waals surface area (Å²) in [5, 5.41) is 4.76. The summed E-state index contributed by atoms with van der Waals surface area (Å²) in [6, 6.07) is 15.2. The van der Waals surface area contributed by atoms with Gasteiger partial charge in [0.25, 0.3) is 0 Å². The van der Waals surface area contributed by atoms with Crippen molar-refractivity contribution in [3.05, 3.63) is 63.1 Å². The molecule has 2 heterocycles. The minimum atomic E-state index is 0.233. The van der Waals surface area contributed by atoms with Crippen molar-refractivity contribution >= 4 is 37.5 Å². The van der Waals surface area contributed by atoms with E-state index in [1.807, 2.05) is 6.07 Å². The number of nitrogens with zero attached hydrogens (tertiary/aromatic N) is 1. The second kappa shape index (κ2) is 4.95. The largest absolute Gasteiger partial charge is 0.304 e. The quantitative estimate of drug-likeness (QED) is 0.712. The van der Waals surface area contributed by atoms with Crippen molar-refractivity contribution in [3.63, 3.8) is 0 Å². The maximum Gasteiger partial charge on any atom is 0.115 e. The van der Waals surface area contributed by atoms with Crippen LogP contribution in [0.1, 0.15) is 22.2 Å². The molecule has 1 aromatic heterocycles. The van der Waals surface area contributed by atoms with Crippen LogP contribution in [0.4, 0.5) is 0 Å². The zero-order valence-electron chi connectivity index (χ0n) is 10.8. The summed E-state index contributed by atoms with van der Waals surface area (Å²) in [5.41, 5.74) is 3.90. The number of hydrogen-bond acceptors (Lipinski definition) is 3. The molecule has 0 saturated carbocycles. The van der Waals surface area contributed by atoms with Gasteiger partial charge < -0.3 is 5.32 Å². The van der Waals surface area contributed by atoms with Gasteiger partial charge in [0.1, 0.15) is 5.01 Å². The van der Waals surface area contributed by atoms with E-state index in [1.54, 1.807) is 11.3 Å². The summed E-state index contributed by atoms with van der Waals surface area (Å²) in [6.07, 6.45) is 1.10. The topological polar surface area (TPSA) is 24.9 Å². The molecule has 0 amide bonds. The van der Waals surface area contributed by atoms with Crippen LogP contribution in [0.15, 0.2) is 46.9 Å². The molecule has 0 spiro atoms. The van der Waals surface area contributed by atoms with Crippen molar-refractivity contribution < 1.29 is 0 Å². The van der Waals surface area contributed by atoms with Crippen LogP contribution in [0.5, 0.6) is 0 Å². The first kappa shape index (κ1) is 12.5. The maximum atomic E-state index is 4.81. The van der Waals surface area contributed by atoms with Gasteiger partial charge in [0.15, 0.2) is 0 Å². The second-order valence-electron chi connectivity index (χ2n) is 5.00. The Morgan fingerprint density at radius 1 is 1.20 bits per heavy atom. The number of aromatic nitrogens is 1. The van der Waals surface area contributed by atoms with Crippen LogP contribution in [0.2, 0.25) is 0 Å². The Kier molecular flexibility index (Phi) is 3.10. The number of benzene rings is 2. The molecule has 0 saturated heterocycles. The molecule has 3 aromatic rings. The van der Waals surface area contributed by atoms with Gasteiger partial charge in [0, 0.05) is 11.0 Å². The van der Waals surface area contributed by atoms with E-state index in [2.05, 4.69) is 57.6 Å². The van der Waals surface area contributed by atoms with Gasteiger partial charge in [-0.3, -0.25) is 0 Å². The fraction of sp³-hybridized carbons (Fsp3) is 0.188. The van der Waals surface area contributed by atoms with Gasteiger partial charge in [-0.05, 0) is 35.7 Å². The Morgan fingerprint density at radius 3 is 3.05 bits per heavy atom. The summed E-state index contributed by atoms with van der Waals surface area (Å²) >= 11 is 5.30. The lowest BCUT2D eigenvalue weighted by molar-refractivity contribution is 0.566. The minimum Gasteiger partial charge on any atom is -0.304 e. The third-order valence-corrected chi connectivity index (χ3v) is 5.30. The normalized spacial score (nSPS) is 18.1. The van der Waals surface area contributed by atoms with E-state index in [4.69, 9.17) is 4.98 Å².